The monoisotopic (exact) mass is 270 g/mol. The van der Waals surface area contributed by atoms with E-state index in [0.717, 1.165) is 32.2 Å². The third kappa shape index (κ3) is 7.03. The normalized spacial score (nSPS) is 23.6. The first kappa shape index (κ1) is 15.8. The van der Waals surface area contributed by atoms with Crippen LogP contribution < -0.4 is 10.6 Å². The Balaban J connectivity index is 2.23. The van der Waals surface area contributed by atoms with E-state index in [2.05, 4.69) is 10.6 Å². The van der Waals surface area contributed by atoms with Crippen LogP contribution in [0.2, 0.25) is 0 Å². The predicted octanol–water partition coefficient (Wildman–Crippen LogP) is 2.21. The van der Waals surface area contributed by atoms with Crippen molar-refractivity contribution in [3.8, 4) is 0 Å². The van der Waals surface area contributed by atoms with Crippen molar-refractivity contribution >= 4 is 12.0 Å². The minimum absolute atomic E-state index is 0.0222. The van der Waals surface area contributed by atoms with Gasteiger partial charge in [-0.25, -0.2) is 4.79 Å². The Morgan fingerprint density at radius 2 is 1.74 bits per heavy atom. The molecule has 0 aromatic rings. The van der Waals surface area contributed by atoms with Gasteiger partial charge in [-0.05, 0) is 52.4 Å². The van der Waals surface area contributed by atoms with Gasteiger partial charge in [-0.15, -0.1) is 0 Å². The van der Waals surface area contributed by atoms with E-state index >= 15 is 0 Å². The average molecular weight is 270 g/mol. The van der Waals surface area contributed by atoms with E-state index < -0.39 is 5.60 Å². The van der Waals surface area contributed by atoms with E-state index in [1.54, 1.807) is 0 Å². The Kier molecular flexibility index (Phi) is 5.63. The number of amides is 2. The van der Waals surface area contributed by atoms with E-state index in [4.69, 9.17) is 4.74 Å². The number of hydrogen-bond donors (Lipinski definition) is 2. The van der Waals surface area contributed by atoms with Crippen molar-refractivity contribution in [3.63, 3.8) is 0 Å². The van der Waals surface area contributed by atoms with E-state index in [1.165, 1.54) is 6.92 Å². The lowest BCUT2D eigenvalue weighted by Crippen LogP contribution is -2.42. The third-order valence-electron chi connectivity index (χ3n) is 3.21. The first-order valence-corrected chi connectivity index (χ1v) is 7.00. The van der Waals surface area contributed by atoms with Crippen LogP contribution in [-0.2, 0) is 9.53 Å². The number of ether oxygens (including phenoxy) is 1. The van der Waals surface area contributed by atoms with E-state index in [9.17, 15) is 9.59 Å². The summed E-state index contributed by atoms with van der Waals surface area (Å²) >= 11 is 0. The molecular formula is C14H26N2O3. The summed E-state index contributed by atoms with van der Waals surface area (Å²) in [5.41, 5.74) is -0.452. The molecular weight excluding hydrogens is 244 g/mol. The van der Waals surface area contributed by atoms with Crippen LogP contribution in [0.5, 0.6) is 0 Å². The summed E-state index contributed by atoms with van der Waals surface area (Å²) in [4.78, 5) is 22.5. The van der Waals surface area contributed by atoms with Crippen molar-refractivity contribution in [3.05, 3.63) is 0 Å². The van der Waals surface area contributed by atoms with Crippen molar-refractivity contribution in [2.75, 3.05) is 6.54 Å². The molecule has 1 aliphatic rings. The molecule has 1 aliphatic carbocycles. The maximum Gasteiger partial charge on any atom is 0.407 e. The topological polar surface area (TPSA) is 67.4 Å². The Morgan fingerprint density at radius 1 is 1.16 bits per heavy atom. The maximum atomic E-state index is 11.6. The van der Waals surface area contributed by atoms with Crippen LogP contribution in [0.3, 0.4) is 0 Å². The number of carbonyl (C=O) groups is 2. The number of nitrogens with one attached hydrogen (secondary N) is 2. The SMILES string of the molecule is CC(=O)NC[C@H]1CC[C@H](NC(=O)OC(C)(C)C)CC1. The maximum absolute atomic E-state index is 11.6. The van der Waals surface area contributed by atoms with E-state index in [0.29, 0.717) is 5.92 Å². The molecule has 0 saturated heterocycles. The fraction of sp³-hybridized carbons (Fsp3) is 0.857. The lowest BCUT2D eigenvalue weighted by atomic mass is 9.86. The predicted molar refractivity (Wildman–Crippen MR) is 73.8 cm³/mol. The quantitative estimate of drug-likeness (QED) is 0.826. The molecule has 1 fully saturated rings. The van der Waals surface area contributed by atoms with Crippen molar-refractivity contribution in [2.24, 2.45) is 5.92 Å². The molecule has 0 aromatic heterocycles. The highest BCUT2D eigenvalue weighted by Crippen LogP contribution is 2.24. The summed E-state index contributed by atoms with van der Waals surface area (Å²) in [5.74, 6) is 0.551. The Morgan fingerprint density at radius 3 is 2.21 bits per heavy atom. The molecule has 5 nitrogen and oxygen atoms in total. The van der Waals surface area contributed by atoms with Crippen LogP contribution in [-0.4, -0.2) is 30.2 Å². The van der Waals surface area contributed by atoms with Gasteiger partial charge >= 0.3 is 6.09 Å². The van der Waals surface area contributed by atoms with Gasteiger partial charge in [-0.1, -0.05) is 0 Å². The van der Waals surface area contributed by atoms with Crippen molar-refractivity contribution in [1.82, 2.24) is 10.6 Å². The summed E-state index contributed by atoms with van der Waals surface area (Å²) in [5, 5.41) is 5.76. The molecule has 1 rings (SSSR count). The average Bonchev–Trinajstić information content (AvgIpc) is 2.25. The molecule has 0 aliphatic heterocycles. The number of rotatable bonds is 3. The summed E-state index contributed by atoms with van der Waals surface area (Å²) in [7, 11) is 0. The van der Waals surface area contributed by atoms with Gasteiger partial charge in [0.2, 0.25) is 5.91 Å². The summed E-state index contributed by atoms with van der Waals surface area (Å²) in [6, 6.07) is 0.198. The van der Waals surface area contributed by atoms with Crippen LogP contribution in [0, 0.1) is 5.92 Å². The summed E-state index contributed by atoms with van der Waals surface area (Å²) in [6.07, 6.45) is 3.62. The fourth-order valence-corrected chi connectivity index (χ4v) is 2.27. The number of carbonyl (C=O) groups excluding carboxylic acids is 2. The summed E-state index contributed by atoms with van der Waals surface area (Å²) < 4.78 is 5.24. The van der Waals surface area contributed by atoms with Crippen LogP contribution in [0.25, 0.3) is 0 Å². The molecule has 0 aromatic carbocycles. The standard InChI is InChI=1S/C14H26N2O3/c1-10(17)15-9-11-5-7-12(8-6-11)16-13(18)19-14(2,3)4/h11-12H,5-9H2,1-4H3,(H,15,17)(H,16,18)/t11-,12-. The second-order valence-electron chi connectivity index (χ2n) is 6.30. The highest BCUT2D eigenvalue weighted by Gasteiger charge is 2.24. The molecule has 2 N–H and O–H groups in total. The molecule has 2 amide bonds. The second-order valence-corrected chi connectivity index (χ2v) is 6.30. The molecule has 0 atom stereocenters. The molecule has 19 heavy (non-hydrogen) atoms. The van der Waals surface area contributed by atoms with Crippen molar-refractivity contribution in [2.45, 2.75) is 65.0 Å². The highest BCUT2D eigenvalue weighted by atomic mass is 16.6. The van der Waals surface area contributed by atoms with Crippen LogP contribution >= 0.6 is 0 Å². The molecule has 5 heteroatoms. The third-order valence-corrected chi connectivity index (χ3v) is 3.21. The smallest absolute Gasteiger partial charge is 0.407 e. The molecule has 0 radical (unpaired) electrons. The van der Waals surface area contributed by atoms with Gasteiger partial charge in [-0.2, -0.15) is 0 Å². The second kappa shape index (κ2) is 6.78. The molecule has 110 valence electrons. The first-order valence-electron chi connectivity index (χ1n) is 7.00. The zero-order valence-electron chi connectivity index (χ0n) is 12.4. The minimum atomic E-state index is -0.452. The van der Waals surface area contributed by atoms with Crippen LogP contribution in [0.4, 0.5) is 4.79 Å². The molecule has 0 heterocycles. The lowest BCUT2D eigenvalue weighted by molar-refractivity contribution is -0.119. The Bertz CT molecular complexity index is 315. The Hall–Kier alpha value is -1.26. The lowest BCUT2D eigenvalue weighted by Gasteiger charge is -2.30. The zero-order chi connectivity index (χ0) is 14.5. The fourth-order valence-electron chi connectivity index (χ4n) is 2.27. The van der Waals surface area contributed by atoms with Crippen molar-refractivity contribution in [1.29, 1.82) is 0 Å². The minimum Gasteiger partial charge on any atom is -0.444 e. The van der Waals surface area contributed by atoms with Crippen LogP contribution in [0.1, 0.15) is 53.4 Å². The van der Waals surface area contributed by atoms with Gasteiger partial charge in [-0.3, -0.25) is 4.79 Å². The van der Waals surface area contributed by atoms with Crippen LogP contribution in [0.15, 0.2) is 0 Å². The highest BCUT2D eigenvalue weighted by molar-refractivity contribution is 5.72. The van der Waals surface area contributed by atoms with E-state index in [-0.39, 0.29) is 18.0 Å². The van der Waals surface area contributed by atoms with Gasteiger partial charge < -0.3 is 15.4 Å². The summed E-state index contributed by atoms with van der Waals surface area (Å²) in [6.45, 7) is 7.86. The molecule has 0 bridgehead atoms. The Labute approximate surface area is 115 Å². The van der Waals surface area contributed by atoms with E-state index in [1.807, 2.05) is 20.8 Å². The largest absolute Gasteiger partial charge is 0.444 e. The van der Waals surface area contributed by atoms with Gasteiger partial charge in [0.1, 0.15) is 5.60 Å². The van der Waals surface area contributed by atoms with Gasteiger partial charge in [0.15, 0.2) is 0 Å². The number of alkyl carbamates (subject to hydrolysis) is 1. The van der Waals surface area contributed by atoms with Gasteiger partial charge in [0, 0.05) is 19.5 Å². The first-order chi connectivity index (χ1) is 8.76. The molecule has 0 unspecified atom stereocenters. The molecule has 1 saturated carbocycles. The number of hydrogen-bond acceptors (Lipinski definition) is 3. The van der Waals surface area contributed by atoms with Crippen molar-refractivity contribution < 1.29 is 14.3 Å². The zero-order valence-corrected chi connectivity index (χ0v) is 12.4. The van der Waals surface area contributed by atoms with Gasteiger partial charge in [0.25, 0.3) is 0 Å². The molecule has 0 spiro atoms. The van der Waals surface area contributed by atoms with Gasteiger partial charge in [0.05, 0.1) is 0 Å².